The predicted molar refractivity (Wildman–Crippen MR) is 120 cm³/mol. The maximum Gasteiger partial charge on any atom is 0.251 e. The van der Waals surface area contributed by atoms with Crippen molar-refractivity contribution in [1.29, 1.82) is 0 Å². The summed E-state index contributed by atoms with van der Waals surface area (Å²) in [6, 6.07) is 27.3. The smallest absolute Gasteiger partial charge is 0.251 e. The van der Waals surface area contributed by atoms with Crippen LogP contribution in [0.25, 0.3) is 5.69 Å². The van der Waals surface area contributed by atoms with E-state index in [0.29, 0.717) is 11.3 Å². The zero-order valence-electron chi connectivity index (χ0n) is 16.8. The second-order valence-electron chi connectivity index (χ2n) is 7.06. The van der Waals surface area contributed by atoms with Crippen molar-refractivity contribution in [3.05, 3.63) is 115 Å². The van der Waals surface area contributed by atoms with E-state index in [9.17, 15) is 9.59 Å². The van der Waals surface area contributed by atoms with Crippen molar-refractivity contribution < 1.29 is 9.59 Å². The Kier molecular flexibility index (Phi) is 6.18. The van der Waals surface area contributed by atoms with E-state index in [4.69, 9.17) is 0 Å². The van der Waals surface area contributed by atoms with Gasteiger partial charge in [-0.3, -0.25) is 9.59 Å². The summed E-state index contributed by atoms with van der Waals surface area (Å²) >= 11 is 0. The molecule has 0 aliphatic heterocycles. The Labute approximate surface area is 180 Å². The molecule has 0 saturated heterocycles. The molecule has 4 aromatic rings. The Morgan fingerprint density at radius 1 is 0.871 bits per heavy atom. The molecule has 0 bridgehead atoms. The molecule has 6 nitrogen and oxygen atoms in total. The molecule has 1 unspecified atom stereocenters. The largest absolute Gasteiger partial charge is 0.345 e. The van der Waals surface area contributed by atoms with Gasteiger partial charge in [-0.15, -0.1) is 0 Å². The third kappa shape index (κ3) is 5.25. The Hall–Kier alpha value is -4.19. The first-order chi connectivity index (χ1) is 15.2. The van der Waals surface area contributed by atoms with Gasteiger partial charge in [-0.05, 0) is 42.0 Å². The second kappa shape index (κ2) is 9.54. The molecule has 1 heterocycles. The normalized spacial score (nSPS) is 11.5. The molecular weight excluding hydrogens is 388 g/mol. The van der Waals surface area contributed by atoms with Crippen LogP contribution in [0.4, 0.5) is 5.69 Å². The molecule has 2 N–H and O–H groups in total. The standard InChI is InChI=1S/C25H22N4O2/c30-24(27-21-13-7-14-22(17-21)29-16-8-15-26-29)18-23(19-9-3-1-4-10-19)28-25(31)20-11-5-2-6-12-20/h1-17,23H,18H2,(H,27,30)(H,28,31). The molecular formula is C25H22N4O2. The molecule has 2 amide bonds. The minimum Gasteiger partial charge on any atom is -0.345 e. The van der Waals surface area contributed by atoms with Crippen molar-refractivity contribution in [3.63, 3.8) is 0 Å². The van der Waals surface area contributed by atoms with E-state index in [1.807, 2.05) is 85.1 Å². The van der Waals surface area contributed by atoms with Crippen LogP contribution in [0.5, 0.6) is 0 Å². The fourth-order valence-corrected chi connectivity index (χ4v) is 3.31. The van der Waals surface area contributed by atoms with Crippen LogP contribution in [-0.4, -0.2) is 21.6 Å². The van der Waals surface area contributed by atoms with Gasteiger partial charge in [0, 0.05) is 23.6 Å². The Morgan fingerprint density at radius 3 is 2.32 bits per heavy atom. The summed E-state index contributed by atoms with van der Waals surface area (Å²) in [7, 11) is 0. The number of carbonyl (C=O) groups excluding carboxylic acids is 2. The number of aromatic nitrogens is 2. The van der Waals surface area contributed by atoms with Crippen LogP contribution in [0.2, 0.25) is 0 Å². The van der Waals surface area contributed by atoms with Gasteiger partial charge < -0.3 is 10.6 Å². The quantitative estimate of drug-likeness (QED) is 0.475. The fourth-order valence-electron chi connectivity index (χ4n) is 3.31. The summed E-state index contributed by atoms with van der Waals surface area (Å²) in [5.74, 6) is -0.414. The first-order valence-corrected chi connectivity index (χ1v) is 10.00. The lowest BCUT2D eigenvalue weighted by Gasteiger charge is -2.19. The molecule has 3 aromatic carbocycles. The summed E-state index contributed by atoms with van der Waals surface area (Å²) in [5, 5.41) is 10.1. The van der Waals surface area contributed by atoms with E-state index >= 15 is 0 Å². The van der Waals surface area contributed by atoms with Crippen LogP contribution in [0.15, 0.2) is 103 Å². The van der Waals surface area contributed by atoms with Gasteiger partial charge in [0.15, 0.2) is 0 Å². The van der Waals surface area contributed by atoms with Crippen molar-refractivity contribution in [2.45, 2.75) is 12.5 Å². The lowest BCUT2D eigenvalue weighted by Crippen LogP contribution is -2.31. The zero-order chi connectivity index (χ0) is 21.5. The number of benzene rings is 3. The van der Waals surface area contributed by atoms with E-state index in [1.54, 1.807) is 23.0 Å². The molecule has 0 aliphatic rings. The molecule has 0 spiro atoms. The van der Waals surface area contributed by atoms with Gasteiger partial charge in [0.25, 0.3) is 5.91 Å². The number of amides is 2. The highest BCUT2D eigenvalue weighted by Crippen LogP contribution is 2.20. The molecule has 31 heavy (non-hydrogen) atoms. The van der Waals surface area contributed by atoms with Crippen molar-refractivity contribution in [2.24, 2.45) is 0 Å². The molecule has 1 atom stereocenters. The van der Waals surface area contributed by atoms with Gasteiger partial charge >= 0.3 is 0 Å². The SMILES string of the molecule is O=C(CC(NC(=O)c1ccccc1)c1ccccc1)Nc1cccc(-n2cccn2)c1. The Morgan fingerprint density at radius 2 is 1.61 bits per heavy atom. The van der Waals surface area contributed by atoms with Crippen LogP contribution in [0.1, 0.15) is 28.4 Å². The van der Waals surface area contributed by atoms with Gasteiger partial charge in [0.2, 0.25) is 5.91 Å². The molecule has 4 rings (SSSR count). The Bertz CT molecular complexity index is 1140. The Balaban J connectivity index is 1.48. The summed E-state index contributed by atoms with van der Waals surface area (Å²) in [6.07, 6.45) is 3.64. The third-order valence-corrected chi connectivity index (χ3v) is 4.83. The topological polar surface area (TPSA) is 76.0 Å². The average Bonchev–Trinajstić information content (AvgIpc) is 3.35. The number of anilines is 1. The van der Waals surface area contributed by atoms with Crippen LogP contribution in [0, 0.1) is 0 Å². The number of hydrogen-bond acceptors (Lipinski definition) is 3. The van der Waals surface area contributed by atoms with Crippen LogP contribution in [0.3, 0.4) is 0 Å². The zero-order valence-corrected chi connectivity index (χ0v) is 16.8. The minimum absolute atomic E-state index is 0.106. The molecule has 154 valence electrons. The van der Waals surface area contributed by atoms with Gasteiger partial charge in [-0.25, -0.2) is 4.68 Å². The van der Waals surface area contributed by atoms with Crippen molar-refractivity contribution in [2.75, 3.05) is 5.32 Å². The van der Waals surface area contributed by atoms with Gasteiger partial charge in [-0.2, -0.15) is 5.10 Å². The fraction of sp³-hybridized carbons (Fsp3) is 0.0800. The number of nitrogens with one attached hydrogen (secondary N) is 2. The summed E-state index contributed by atoms with van der Waals surface area (Å²) in [5.41, 5.74) is 2.93. The van der Waals surface area contributed by atoms with Crippen molar-refractivity contribution >= 4 is 17.5 Å². The van der Waals surface area contributed by atoms with E-state index in [2.05, 4.69) is 15.7 Å². The van der Waals surface area contributed by atoms with Gasteiger partial charge in [0.05, 0.1) is 18.2 Å². The third-order valence-electron chi connectivity index (χ3n) is 4.83. The highest BCUT2D eigenvalue weighted by molar-refractivity contribution is 5.96. The summed E-state index contributed by atoms with van der Waals surface area (Å²) in [6.45, 7) is 0. The van der Waals surface area contributed by atoms with Crippen molar-refractivity contribution in [1.82, 2.24) is 15.1 Å². The lowest BCUT2D eigenvalue weighted by molar-refractivity contribution is -0.116. The van der Waals surface area contributed by atoms with E-state index < -0.39 is 6.04 Å². The highest BCUT2D eigenvalue weighted by Gasteiger charge is 2.19. The number of nitrogens with zero attached hydrogens (tertiary/aromatic N) is 2. The molecule has 0 radical (unpaired) electrons. The second-order valence-corrected chi connectivity index (χ2v) is 7.06. The van der Waals surface area contributed by atoms with E-state index in [-0.39, 0.29) is 18.2 Å². The first kappa shape index (κ1) is 20.1. The molecule has 0 saturated carbocycles. The van der Waals surface area contributed by atoms with Gasteiger partial charge in [0.1, 0.15) is 0 Å². The summed E-state index contributed by atoms with van der Waals surface area (Å²) in [4.78, 5) is 25.5. The van der Waals surface area contributed by atoms with Crippen molar-refractivity contribution in [3.8, 4) is 5.69 Å². The molecule has 0 fully saturated rings. The van der Waals surface area contributed by atoms with Gasteiger partial charge in [-0.1, -0.05) is 54.6 Å². The molecule has 6 heteroatoms. The van der Waals surface area contributed by atoms with Crippen LogP contribution in [-0.2, 0) is 4.79 Å². The number of rotatable bonds is 7. The number of hydrogen-bond donors (Lipinski definition) is 2. The van der Waals surface area contributed by atoms with Crippen LogP contribution < -0.4 is 10.6 Å². The van der Waals surface area contributed by atoms with E-state index in [0.717, 1.165) is 11.3 Å². The maximum atomic E-state index is 12.8. The summed E-state index contributed by atoms with van der Waals surface area (Å²) < 4.78 is 1.72. The van der Waals surface area contributed by atoms with E-state index in [1.165, 1.54) is 0 Å². The molecule has 1 aromatic heterocycles. The lowest BCUT2D eigenvalue weighted by atomic mass is 10.0. The number of carbonyl (C=O) groups is 2. The first-order valence-electron chi connectivity index (χ1n) is 10.00. The molecule has 0 aliphatic carbocycles. The monoisotopic (exact) mass is 410 g/mol. The highest BCUT2D eigenvalue weighted by atomic mass is 16.2. The average molecular weight is 410 g/mol. The van der Waals surface area contributed by atoms with Crippen LogP contribution >= 0.6 is 0 Å². The predicted octanol–water partition coefficient (Wildman–Crippen LogP) is 4.37. The minimum atomic E-state index is -0.455. The maximum absolute atomic E-state index is 12.8.